The van der Waals surface area contributed by atoms with Crippen molar-refractivity contribution in [2.45, 2.75) is 63.7 Å². The quantitative estimate of drug-likeness (QED) is 0.916. The fraction of sp³-hybridized carbons (Fsp3) is 0.765. The van der Waals surface area contributed by atoms with E-state index in [1.165, 1.54) is 19.3 Å². The largest absolute Gasteiger partial charge is 0.475 e. The Labute approximate surface area is 124 Å². The lowest BCUT2D eigenvalue weighted by Crippen LogP contribution is -2.48. The molecule has 1 N–H and O–H groups in total. The first-order chi connectivity index (χ1) is 10.1. The standard InChI is InChI=1S/C17H23NO3/c1-2-3-13-14(15(19)20)21-16(18-13)17-7-10-4-11(8-17)6-12(5-10)9-17/h10-12H,2-9H2,1H3,(H,19,20). The molecule has 4 aliphatic rings. The molecule has 1 aromatic rings. The van der Waals surface area contributed by atoms with Gasteiger partial charge in [0.05, 0.1) is 5.69 Å². The normalized spacial score (nSPS) is 37.1. The van der Waals surface area contributed by atoms with Crippen molar-refractivity contribution in [1.29, 1.82) is 0 Å². The molecule has 1 heterocycles. The van der Waals surface area contributed by atoms with E-state index in [9.17, 15) is 9.90 Å². The molecule has 4 heteroatoms. The molecule has 4 aliphatic carbocycles. The zero-order chi connectivity index (χ0) is 14.6. The topological polar surface area (TPSA) is 63.3 Å². The Balaban J connectivity index is 1.73. The molecule has 1 aromatic heterocycles. The highest BCUT2D eigenvalue weighted by Crippen LogP contribution is 2.60. The minimum absolute atomic E-state index is 0.0466. The number of carbonyl (C=O) groups is 1. The number of rotatable bonds is 4. The summed E-state index contributed by atoms with van der Waals surface area (Å²) < 4.78 is 5.80. The van der Waals surface area contributed by atoms with Crippen LogP contribution in [-0.4, -0.2) is 16.1 Å². The van der Waals surface area contributed by atoms with Gasteiger partial charge in [-0.2, -0.15) is 0 Å². The maximum Gasteiger partial charge on any atom is 0.373 e. The summed E-state index contributed by atoms with van der Waals surface area (Å²) in [5.74, 6) is 2.29. The smallest absolute Gasteiger partial charge is 0.373 e. The molecule has 0 radical (unpaired) electrons. The minimum atomic E-state index is -0.970. The highest BCUT2D eigenvalue weighted by Gasteiger charge is 2.54. The molecular formula is C17H23NO3. The Morgan fingerprint density at radius 1 is 1.24 bits per heavy atom. The van der Waals surface area contributed by atoms with Gasteiger partial charge in [-0.15, -0.1) is 0 Å². The zero-order valence-electron chi connectivity index (χ0n) is 12.6. The molecule has 4 bridgehead atoms. The molecule has 0 amide bonds. The summed E-state index contributed by atoms with van der Waals surface area (Å²) in [4.78, 5) is 16.1. The van der Waals surface area contributed by atoms with E-state index in [2.05, 4.69) is 4.98 Å². The van der Waals surface area contributed by atoms with E-state index in [0.29, 0.717) is 12.1 Å². The van der Waals surface area contributed by atoms with Gasteiger partial charge in [0.25, 0.3) is 0 Å². The number of carboxylic acids is 1. The first kappa shape index (κ1) is 13.4. The number of oxazole rings is 1. The Kier molecular flexibility index (Phi) is 2.92. The Morgan fingerprint density at radius 2 is 1.81 bits per heavy atom. The van der Waals surface area contributed by atoms with E-state index in [1.54, 1.807) is 0 Å². The fourth-order valence-electron chi connectivity index (χ4n) is 5.52. The van der Waals surface area contributed by atoms with Crippen molar-refractivity contribution in [2.24, 2.45) is 17.8 Å². The number of aromatic nitrogens is 1. The van der Waals surface area contributed by atoms with Crippen molar-refractivity contribution < 1.29 is 14.3 Å². The molecule has 0 unspecified atom stereocenters. The van der Waals surface area contributed by atoms with Crippen LogP contribution in [0, 0.1) is 17.8 Å². The number of aromatic carboxylic acids is 1. The van der Waals surface area contributed by atoms with Crippen LogP contribution in [0.25, 0.3) is 0 Å². The molecule has 5 rings (SSSR count). The van der Waals surface area contributed by atoms with Gasteiger partial charge in [0.2, 0.25) is 11.7 Å². The van der Waals surface area contributed by atoms with Crippen molar-refractivity contribution in [1.82, 2.24) is 4.98 Å². The van der Waals surface area contributed by atoms with Crippen LogP contribution in [0.5, 0.6) is 0 Å². The van der Waals surface area contributed by atoms with Gasteiger partial charge in [0, 0.05) is 5.41 Å². The van der Waals surface area contributed by atoms with Gasteiger partial charge in [0.15, 0.2) is 0 Å². The molecule has 0 atom stereocenters. The number of hydrogen-bond donors (Lipinski definition) is 1. The lowest BCUT2D eigenvalue weighted by Gasteiger charge is -2.55. The summed E-state index contributed by atoms with van der Waals surface area (Å²) in [5.41, 5.74) is 0.695. The van der Waals surface area contributed by atoms with Gasteiger partial charge < -0.3 is 9.52 Å². The molecule has 114 valence electrons. The van der Waals surface area contributed by atoms with Gasteiger partial charge >= 0.3 is 5.97 Å². The van der Waals surface area contributed by atoms with Gasteiger partial charge in [-0.3, -0.25) is 0 Å². The monoisotopic (exact) mass is 289 g/mol. The minimum Gasteiger partial charge on any atom is -0.475 e. The van der Waals surface area contributed by atoms with Gasteiger partial charge in [0.1, 0.15) is 0 Å². The Hall–Kier alpha value is -1.32. The lowest BCUT2D eigenvalue weighted by atomic mass is 9.49. The van der Waals surface area contributed by atoms with Crippen LogP contribution in [-0.2, 0) is 11.8 Å². The van der Waals surface area contributed by atoms with Crippen LogP contribution in [0.1, 0.15) is 74.0 Å². The summed E-state index contributed by atoms with van der Waals surface area (Å²) >= 11 is 0. The molecule has 0 aromatic carbocycles. The zero-order valence-corrected chi connectivity index (χ0v) is 12.6. The van der Waals surface area contributed by atoms with Crippen LogP contribution in [0.2, 0.25) is 0 Å². The van der Waals surface area contributed by atoms with E-state index < -0.39 is 5.97 Å². The van der Waals surface area contributed by atoms with Crippen LogP contribution >= 0.6 is 0 Å². The van der Waals surface area contributed by atoms with E-state index in [0.717, 1.165) is 49.3 Å². The van der Waals surface area contributed by atoms with E-state index in [1.807, 2.05) is 6.92 Å². The maximum atomic E-state index is 11.4. The number of carboxylic acid groups (broad SMARTS) is 1. The Morgan fingerprint density at radius 3 is 2.29 bits per heavy atom. The van der Waals surface area contributed by atoms with Crippen LogP contribution in [0.3, 0.4) is 0 Å². The lowest BCUT2D eigenvalue weighted by molar-refractivity contribution is -0.0182. The summed E-state index contributed by atoms with van der Waals surface area (Å²) in [7, 11) is 0. The average Bonchev–Trinajstić information content (AvgIpc) is 2.82. The SMILES string of the molecule is CCCc1nc(C23CC4CC(CC(C4)C2)C3)oc1C(=O)O. The van der Waals surface area contributed by atoms with Crippen molar-refractivity contribution in [3.63, 3.8) is 0 Å². The molecule has 4 saturated carbocycles. The first-order valence-electron chi connectivity index (χ1n) is 8.33. The highest BCUT2D eigenvalue weighted by molar-refractivity contribution is 5.85. The Bertz CT molecular complexity index is 539. The summed E-state index contributed by atoms with van der Waals surface area (Å²) in [5, 5.41) is 9.35. The fourth-order valence-corrected chi connectivity index (χ4v) is 5.52. The molecule has 21 heavy (non-hydrogen) atoms. The molecule has 4 nitrogen and oxygen atoms in total. The van der Waals surface area contributed by atoms with Gasteiger partial charge in [-0.05, 0) is 62.7 Å². The highest BCUT2D eigenvalue weighted by atomic mass is 16.4. The first-order valence-corrected chi connectivity index (χ1v) is 8.33. The summed E-state index contributed by atoms with van der Waals surface area (Å²) in [6, 6.07) is 0. The van der Waals surface area contributed by atoms with Crippen molar-refractivity contribution in [2.75, 3.05) is 0 Å². The number of aryl methyl sites for hydroxylation is 1. The summed E-state index contributed by atoms with van der Waals surface area (Å²) in [6.45, 7) is 2.05. The second kappa shape index (κ2) is 4.59. The van der Waals surface area contributed by atoms with E-state index in [-0.39, 0.29) is 11.2 Å². The third-order valence-corrected chi connectivity index (χ3v) is 5.87. The second-order valence-corrected chi connectivity index (χ2v) is 7.55. The van der Waals surface area contributed by atoms with E-state index in [4.69, 9.17) is 4.42 Å². The van der Waals surface area contributed by atoms with Crippen LogP contribution in [0.4, 0.5) is 0 Å². The third kappa shape index (κ3) is 2.02. The van der Waals surface area contributed by atoms with Crippen LogP contribution in [0.15, 0.2) is 4.42 Å². The molecule has 0 aliphatic heterocycles. The second-order valence-electron chi connectivity index (χ2n) is 7.55. The molecule has 4 fully saturated rings. The average molecular weight is 289 g/mol. The summed E-state index contributed by atoms with van der Waals surface area (Å²) in [6.07, 6.45) is 9.16. The van der Waals surface area contributed by atoms with Crippen molar-refractivity contribution in [3.05, 3.63) is 17.3 Å². The molecular weight excluding hydrogens is 266 g/mol. The van der Waals surface area contributed by atoms with Crippen molar-refractivity contribution >= 4 is 5.97 Å². The number of nitrogens with zero attached hydrogens (tertiary/aromatic N) is 1. The van der Waals surface area contributed by atoms with Crippen LogP contribution < -0.4 is 0 Å². The predicted octanol–water partition coefficient (Wildman–Crippen LogP) is 3.79. The molecule has 0 saturated heterocycles. The van der Waals surface area contributed by atoms with Gasteiger partial charge in [-0.25, -0.2) is 9.78 Å². The van der Waals surface area contributed by atoms with Crippen molar-refractivity contribution in [3.8, 4) is 0 Å². The third-order valence-electron chi connectivity index (χ3n) is 5.87. The molecule has 0 spiro atoms. The van der Waals surface area contributed by atoms with Gasteiger partial charge in [-0.1, -0.05) is 13.3 Å². The predicted molar refractivity (Wildman–Crippen MR) is 77.3 cm³/mol. The maximum absolute atomic E-state index is 11.4. The number of hydrogen-bond acceptors (Lipinski definition) is 3. The van der Waals surface area contributed by atoms with E-state index >= 15 is 0 Å².